The van der Waals surface area contributed by atoms with Gasteiger partial charge in [0.1, 0.15) is 0 Å². The van der Waals surface area contributed by atoms with E-state index in [1.165, 1.54) is 0 Å². The zero-order valence-corrected chi connectivity index (χ0v) is 14.5. The number of rotatable bonds is 6. The van der Waals surface area contributed by atoms with Crippen LogP contribution in [0.3, 0.4) is 0 Å². The molecule has 3 aromatic rings. The minimum atomic E-state index is 0.525. The van der Waals surface area contributed by atoms with Gasteiger partial charge in [0.2, 0.25) is 11.7 Å². The molecule has 0 aliphatic carbocycles. The molecule has 6 nitrogen and oxygen atoms in total. The average molecular weight is 349 g/mol. The standard InChI is InChI=1S/C15H15N3O3S2/c1-9-7-22-15(16-9)23-8-13-17-14(18-21-13)10-4-5-11(19-2)12(6-10)20-3/h4-7H,8H2,1-3H3. The van der Waals surface area contributed by atoms with Crippen LogP contribution in [0.2, 0.25) is 0 Å². The van der Waals surface area contributed by atoms with Gasteiger partial charge in [0.05, 0.1) is 20.0 Å². The molecular weight excluding hydrogens is 334 g/mol. The topological polar surface area (TPSA) is 70.3 Å². The predicted molar refractivity (Wildman–Crippen MR) is 89.3 cm³/mol. The maximum Gasteiger partial charge on any atom is 0.237 e. The van der Waals surface area contributed by atoms with E-state index in [1.54, 1.807) is 37.3 Å². The van der Waals surface area contributed by atoms with Crippen molar-refractivity contribution in [2.24, 2.45) is 0 Å². The summed E-state index contributed by atoms with van der Waals surface area (Å²) in [5.41, 5.74) is 1.83. The Morgan fingerprint density at radius 3 is 2.70 bits per heavy atom. The van der Waals surface area contributed by atoms with Gasteiger partial charge in [-0.05, 0) is 25.1 Å². The number of thiazole rings is 1. The summed E-state index contributed by atoms with van der Waals surface area (Å²) in [4.78, 5) is 8.81. The van der Waals surface area contributed by atoms with Crippen molar-refractivity contribution in [2.75, 3.05) is 14.2 Å². The molecule has 8 heteroatoms. The Labute approximate surface area is 141 Å². The van der Waals surface area contributed by atoms with Gasteiger partial charge in [-0.2, -0.15) is 4.98 Å². The van der Waals surface area contributed by atoms with Crippen LogP contribution in [0.15, 0.2) is 32.4 Å². The van der Waals surface area contributed by atoms with Crippen molar-refractivity contribution < 1.29 is 14.0 Å². The van der Waals surface area contributed by atoms with Crippen LogP contribution < -0.4 is 9.47 Å². The summed E-state index contributed by atoms with van der Waals surface area (Å²) >= 11 is 3.20. The molecule has 0 radical (unpaired) electrons. The number of benzene rings is 1. The molecule has 23 heavy (non-hydrogen) atoms. The van der Waals surface area contributed by atoms with Crippen LogP contribution in [0, 0.1) is 6.92 Å². The number of hydrogen-bond donors (Lipinski definition) is 0. The number of aromatic nitrogens is 3. The average Bonchev–Trinajstić information content (AvgIpc) is 3.21. The maximum absolute atomic E-state index is 5.30. The van der Waals surface area contributed by atoms with Crippen LogP contribution in [0.1, 0.15) is 11.6 Å². The minimum Gasteiger partial charge on any atom is -0.493 e. The molecule has 0 saturated carbocycles. The van der Waals surface area contributed by atoms with Crippen molar-refractivity contribution in [2.45, 2.75) is 17.0 Å². The van der Waals surface area contributed by atoms with E-state index in [0.29, 0.717) is 29.0 Å². The molecule has 1 aromatic carbocycles. The van der Waals surface area contributed by atoms with E-state index in [0.717, 1.165) is 15.6 Å². The molecule has 3 rings (SSSR count). The first-order chi connectivity index (χ1) is 11.2. The lowest BCUT2D eigenvalue weighted by atomic mass is 10.2. The first-order valence-corrected chi connectivity index (χ1v) is 8.66. The van der Waals surface area contributed by atoms with Crippen LogP contribution in [0.5, 0.6) is 11.5 Å². The highest BCUT2D eigenvalue weighted by molar-refractivity contribution is 8.00. The van der Waals surface area contributed by atoms with E-state index in [-0.39, 0.29) is 0 Å². The lowest BCUT2D eigenvalue weighted by Gasteiger charge is -2.07. The fraction of sp³-hybridized carbons (Fsp3) is 0.267. The van der Waals surface area contributed by atoms with Crippen molar-refractivity contribution >= 4 is 23.1 Å². The molecule has 0 bridgehead atoms. The van der Waals surface area contributed by atoms with E-state index in [4.69, 9.17) is 14.0 Å². The van der Waals surface area contributed by atoms with Crippen LogP contribution in [0.4, 0.5) is 0 Å². The van der Waals surface area contributed by atoms with E-state index >= 15 is 0 Å². The first-order valence-electron chi connectivity index (χ1n) is 6.79. The van der Waals surface area contributed by atoms with E-state index in [2.05, 4.69) is 15.1 Å². The minimum absolute atomic E-state index is 0.525. The highest BCUT2D eigenvalue weighted by Crippen LogP contribution is 2.32. The smallest absolute Gasteiger partial charge is 0.237 e. The Balaban J connectivity index is 1.73. The Morgan fingerprint density at radius 2 is 2.00 bits per heavy atom. The molecule has 0 spiro atoms. The molecule has 0 amide bonds. The zero-order chi connectivity index (χ0) is 16.2. The molecule has 2 heterocycles. The quantitative estimate of drug-likeness (QED) is 0.627. The van der Waals surface area contributed by atoms with Gasteiger partial charge < -0.3 is 14.0 Å². The Hall–Kier alpha value is -2.06. The molecule has 0 unspecified atom stereocenters. The predicted octanol–water partition coefficient (Wildman–Crippen LogP) is 3.81. The third-order valence-electron chi connectivity index (χ3n) is 3.03. The Morgan fingerprint density at radius 1 is 1.17 bits per heavy atom. The first kappa shape index (κ1) is 15.8. The normalized spacial score (nSPS) is 10.7. The largest absolute Gasteiger partial charge is 0.493 e. The highest BCUT2D eigenvalue weighted by Gasteiger charge is 2.13. The van der Waals surface area contributed by atoms with E-state index in [1.807, 2.05) is 30.5 Å². The Bertz CT molecular complexity index is 801. The molecule has 2 aromatic heterocycles. The summed E-state index contributed by atoms with van der Waals surface area (Å²) in [7, 11) is 3.19. The molecule has 0 saturated heterocycles. The monoisotopic (exact) mass is 349 g/mol. The molecular formula is C15H15N3O3S2. The summed E-state index contributed by atoms with van der Waals surface area (Å²) in [6.45, 7) is 1.97. The molecule has 0 N–H and O–H groups in total. The zero-order valence-electron chi connectivity index (χ0n) is 12.9. The molecule has 0 aliphatic rings. The van der Waals surface area contributed by atoms with Gasteiger partial charge in [0.25, 0.3) is 0 Å². The van der Waals surface area contributed by atoms with E-state index < -0.39 is 0 Å². The van der Waals surface area contributed by atoms with Gasteiger partial charge in [-0.1, -0.05) is 16.9 Å². The van der Waals surface area contributed by atoms with Crippen LogP contribution in [-0.2, 0) is 5.75 Å². The fourth-order valence-corrected chi connectivity index (χ4v) is 3.62. The second-order valence-corrected chi connectivity index (χ2v) is 6.71. The third-order valence-corrected chi connectivity index (χ3v) is 5.15. The van der Waals surface area contributed by atoms with E-state index in [9.17, 15) is 0 Å². The Kier molecular flexibility index (Phi) is 4.82. The molecule has 0 fully saturated rings. The van der Waals surface area contributed by atoms with Crippen LogP contribution >= 0.6 is 23.1 Å². The lowest BCUT2D eigenvalue weighted by molar-refractivity contribution is 0.355. The summed E-state index contributed by atoms with van der Waals surface area (Å²) in [5.74, 6) is 2.97. The van der Waals surface area contributed by atoms with Crippen molar-refractivity contribution in [1.82, 2.24) is 15.1 Å². The van der Waals surface area contributed by atoms with Crippen molar-refractivity contribution in [3.8, 4) is 22.9 Å². The molecule has 120 valence electrons. The summed E-state index contributed by atoms with van der Waals surface area (Å²) in [5, 5.41) is 6.04. The summed E-state index contributed by atoms with van der Waals surface area (Å²) in [6, 6.07) is 5.51. The maximum atomic E-state index is 5.30. The van der Waals surface area contributed by atoms with Gasteiger partial charge >= 0.3 is 0 Å². The van der Waals surface area contributed by atoms with Crippen LogP contribution in [-0.4, -0.2) is 29.3 Å². The highest BCUT2D eigenvalue weighted by atomic mass is 32.2. The second kappa shape index (κ2) is 7.01. The second-order valence-electron chi connectivity index (χ2n) is 4.62. The number of nitrogens with zero attached hydrogens (tertiary/aromatic N) is 3. The van der Waals surface area contributed by atoms with Crippen LogP contribution in [0.25, 0.3) is 11.4 Å². The number of ether oxygens (including phenoxy) is 2. The number of methoxy groups -OCH3 is 2. The third kappa shape index (κ3) is 3.65. The molecule has 0 aliphatic heterocycles. The summed E-state index contributed by atoms with van der Waals surface area (Å²) < 4.78 is 16.8. The van der Waals surface area contributed by atoms with Crippen molar-refractivity contribution in [3.63, 3.8) is 0 Å². The van der Waals surface area contributed by atoms with Gasteiger partial charge in [-0.15, -0.1) is 11.3 Å². The SMILES string of the molecule is COc1ccc(-c2noc(CSc3nc(C)cs3)n2)cc1OC. The fourth-order valence-electron chi connectivity index (χ4n) is 1.93. The van der Waals surface area contributed by atoms with Gasteiger partial charge in [0.15, 0.2) is 15.8 Å². The number of thioether (sulfide) groups is 1. The van der Waals surface area contributed by atoms with Crippen molar-refractivity contribution in [3.05, 3.63) is 35.2 Å². The lowest BCUT2D eigenvalue weighted by Crippen LogP contribution is -1.91. The number of hydrogen-bond acceptors (Lipinski definition) is 8. The van der Waals surface area contributed by atoms with Gasteiger partial charge in [-0.3, -0.25) is 0 Å². The van der Waals surface area contributed by atoms with Gasteiger partial charge in [0, 0.05) is 16.6 Å². The number of aryl methyl sites for hydroxylation is 1. The summed E-state index contributed by atoms with van der Waals surface area (Å²) in [6.07, 6.45) is 0. The van der Waals surface area contributed by atoms with Gasteiger partial charge in [-0.25, -0.2) is 4.98 Å². The molecule has 0 atom stereocenters. The van der Waals surface area contributed by atoms with Crippen molar-refractivity contribution in [1.29, 1.82) is 0 Å².